The molecule has 1 heterocycles. The summed E-state index contributed by atoms with van der Waals surface area (Å²) >= 11 is 0. The third kappa shape index (κ3) is 2.69. The monoisotopic (exact) mass is 216 g/mol. The Hall–Kier alpha value is -0.610. The maximum absolute atomic E-state index is 11.7. The highest BCUT2D eigenvalue weighted by molar-refractivity contribution is 5.79. The third-order valence-corrected chi connectivity index (χ3v) is 3.00. The molecule has 0 bridgehead atoms. The highest BCUT2D eigenvalue weighted by atomic mass is 16.5. The van der Waals surface area contributed by atoms with E-state index in [1.54, 1.807) is 13.8 Å². The van der Waals surface area contributed by atoms with Gasteiger partial charge in [-0.1, -0.05) is 6.92 Å². The van der Waals surface area contributed by atoms with Gasteiger partial charge in [0, 0.05) is 12.5 Å². The van der Waals surface area contributed by atoms with Crippen molar-refractivity contribution < 1.29 is 19.4 Å². The molecular formula is C11H20O4. The number of carbonyl (C=O) groups is 1. The molecule has 0 spiro atoms. The smallest absolute Gasteiger partial charge is 0.338 e. The number of hydrogen-bond acceptors (Lipinski definition) is 4. The van der Waals surface area contributed by atoms with E-state index in [0.29, 0.717) is 19.6 Å². The lowest BCUT2D eigenvalue weighted by Gasteiger charge is -2.35. The van der Waals surface area contributed by atoms with Gasteiger partial charge in [-0.25, -0.2) is 4.79 Å². The lowest BCUT2D eigenvalue weighted by atomic mass is 9.81. The topological polar surface area (TPSA) is 55.8 Å². The molecule has 1 fully saturated rings. The summed E-state index contributed by atoms with van der Waals surface area (Å²) in [4.78, 5) is 11.7. The van der Waals surface area contributed by atoms with Crippen molar-refractivity contribution in [2.45, 2.75) is 38.7 Å². The van der Waals surface area contributed by atoms with Crippen LogP contribution in [0.25, 0.3) is 0 Å². The van der Waals surface area contributed by atoms with Crippen LogP contribution < -0.4 is 0 Å². The normalized spacial score (nSPS) is 25.7. The minimum Gasteiger partial charge on any atom is -0.464 e. The molecule has 0 aromatic heterocycles. The zero-order chi connectivity index (χ0) is 11.3. The second kappa shape index (κ2) is 5.47. The minimum atomic E-state index is -1.36. The van der Waals surface area contributed by atoms with Crippen LogP contribution in [-0.4, -0.2) is 36.5 Å². The Morgan fingerprint density at radius 2 is 2.33 bits per heavy atom. The van der Waals surface area contributed by atoms with Gasteiger partial charge in [0.15, 0.2) is 5.60 Å². The van der Waals surface area contributed by atoms with E-state index in [2.05, 4.69) is 0 Å². The predicted molar refractivity (Wildman–Crippen MR) is 55.4 cm³/mol. The molecule has 0 radical (unpaired) electrons. The second-order valence-corrected chi connectivity index (χ2v) is 3.91. The van der Waals surface area contributed by atoms with E-state index >= 15 is 0 Å². The fourth-order valence-electron chi connectivity index (χ4n) is 1.97. The zero-order valence-electron chi connectivity index (χ0n) is 9.49. The van der Waals surface area contributed by atoms with Crippen LogP contribution in [0, 0.1) is 5.92 Å². The summed E-state index contributed by atoms with van der Waals surface area (Å²) in [5, 5.41) is 10.3. The molecule has 1 aliphatic heterocycles. The van der Waals surface area contributed by atoms with E-state index < -0.39 is 11.6 Å². The number of ether oxygens (including phenoxy) is 2. The number of hydrogen-bond donors (Lipinski definition) is 1. The molecule has 15 heavy (non-hydrogen) atoms. The van der Waals surface area contributed by atoms with Crippen molar-refractivity contribution in [1.29, 1.82) is 0 Å². The van der Waals surface area contributed by atoms with Gasteiger partial charge in [-0.05, 0) is 26.2 Å². The van der Waals surface area contributed by atoms with Crippen LogP contribution in [0.5, 0.6) is 0 Å². The van der Waals surface area contributed by atoms with E-state index in [1.807, 2.05) is 0 Å². The van der Waals surface area contributed by atoms with Crippen LogP contribution in [0.1, 0.15) is 33.1 Å². The molecule has 88 valence electrons. The lowest BCUT2D eigenvalue weighted by molar-refractivity contribution is -0.177. The summed E-state index contributed by atoms with van der Waals surface area (Å²) in [5.41, 5.74) is -1.36. The van der Waals surface area contributed by atoms with E-state index in [0.717, 1.165) is 19.4 Å². The molecule has 0 aliphatic carbocycles. The number of esters is 1. The molecule has 0 aromatic carbocycles. The zero-order valence-corrected chi connectivity index (χ0v) is 9.49. The predicted octanol–water partition coefficient (Wildman–Crippen LogP) is 1.12. The van der Waals surface area contributed by atoms with Crippen molar-refractivity contribution in [2.24, 2.45) is 5.92 Å². The van der Waals surface area contributed by atoms with E-state index in [4.69, 9.17) is 9.47 Å². The fraction of sp³-hybridized carbons (Fsp3) is 0.909. The molecule has 1 N–H and O–H groups in total. The first-order valence-corrected chi connectivity index (χ1v) is 5.62. The molecule has 4 nitrogen and oxygen atoms in total. The molecule has 2 unspecified atom stereocenters. The Morgan fingerprint density at radius 3 is 2.80 bits per heavy atom. The Morgan fingerprint density at radius 1 is 1.60 bits per heavy atom. The van der Waals surface area contributed by atoms with Crippen LogP contribution in [0.15, 0.2) is 0 Å². The largest absolute Gasteiger partial charge is 0.464 e. The summed E-state index contributed by atoms with van der Waals surface area (Å²) in [6.07, 6.45) is 2.09. The Kier molecular flexibility index (Phi) is 4.54. The van der Waals surface area contributed by atoms with E-state index in [1.165, 1.54) is 0 Å². The average Bonchev–Trinajstić information content (AvgIpc) is 2.29. The van der Waals surface area contributed by atoms with Crippen molar-refractivity contribution in [3.63, 3.8) is 0 Å². The Labute approximate surface area is 90.6 Å². The van der Waals surface area contributed by atoms with Gasteiger partial charge >= 0.3 is 5.97 Å². The van der Waals surface area contributed by atoms with Crippen molar-refractivity contribution in [1.82, 2.24) is 0 Å². The first-order valence-electron chi connectivity index (χ1n) is 5.62. The lowest BCUT2D eigenvalue weighted by Crippen LogP contribution is -2.49. The van der Waals surface area contributed by atoms with Gasteiger partial charge in [-0.2, -0.15) is 0 Å². The van der Waals surface area contributed by atoms with Crippen LogP contribution in [-0.2, 0) is 14.3 Å². The van der Waals surface area contributed by atoms with Gasteiger partial charge in [-0.15, -0.1) is 0 Å². The van der Waals surface area contributed by atoms with Gasteiger partial charge in [-0.3, -0.25) is 0 Å². The van der Waals surface area contributed by atoms with Crippen molar-refractivity contribution >= 4 is 5.97 Å². The molecule has 1 aliphatic rings. The van der Waals surface area contributed by atoms with Crippen molar-refractivity contribution in [3.8, 4) is 0 Å². The molecule has 0 saturated carbocycles. The quantitative estimate of drug-likeness (QED) is 0.715. The van der Waals surface area contributed by atoms with Crippen molar-refractivity contribution in [3.05, 3.63) is 0 Å². The van der Waals surface area contributed by atoms with Gasteiger partial charge in [0.25, 0.3) is 0 Å². The summed E-state index contributed by atoms with van der Waals surface area (Å²) in [7, 11) is 0. The molecule has 1 saturated heterocycles. The average molecular weight is 216 g/mol. The first kappa shape index (κ1) is 12.5. The summed E-state index contributed by atoms with van der Waals surface area (Å²) in [6.45, 7) is 5.01. The fourth-order valence-corrected chi connectivity index (χ4v) is 1.97. The third-order valence-electron chi connectivity index (χ3n) is 3.00. The summed E-state index contributed by atoms with van der Waals surface area (Å²) in [6, 6.07) is 0. The molecule has 0 aromatic rings. The molecule has 0 amide bonds. The summed E-state index contributed by atoms with van der Waals surface area (Å²) in [5.74, 6) is -0.640. The number of aliphatic hydroxyl groups is 1. The van der Waals surface area contributed by atoms with E-state index in [-0.39, 0.29) is 5.92 Å². The molecule has 1 rings (SSSR count). The first-order chi connectivity index (χ1) is 7.15. The van der Waals surface area contributed by atoms with Gasteiger partial charge in [0.1, 0.15) is 0 Å². The molecule has 2 atom stereocenters. The second-order valence-electron chi connectivity index (χ2n) is 3.91. The van der Waals surface area contributed by atoms with Crippen LogP contribution in [0.4, 0.5) is 0 Å². The molecular weight excluding hydrogens is 196 g/mol. The highest BCUT2D eigenvalue weighted by Crippen LogP contribution is 2.30. The van der Waals surface area contributed by atoms with Gasteiger partial charge < -0.3 is 14.6 Å². The maximum Gasteiger partial charge on any atom is 0.338 e. The Balaban J connectivity index is 2.68. The maximum atomic E-state index is 11.7. The van der Waals surface area contributed by atoms with Crippen LogP contribution in [0.3, 0.4) is 0 Å². The van der Waals surface area contributed by atoms with Gasteiger partial charge in [0.05, 0.1) is 13.2 Å². The summed E-state index contributed by atoms with van der Waals surface area (Å²) < 4.78 is 10.2. The van der Waals surface area contributed by atoms with E-state index in [9.17, 15) is 9.90 Å². The Bertz CT molecular complexity index is 211. The number of carbonyl (C=O) groups excluding carboxylic acids is 1. The van der Waals surface area contributed by atoms with Crippen LogP contribution in [0.2, 0.25) is 0 Å². The molecule has 4 heteroatoms. The van der Waals surface area contributed by atoms with Crippen molar-refractivity contribution in [2.75, 3.05) is 19.8 Å². The standard InChI is InChI=1S/C11H20O4/c1-3-11(13,10(12)15-4-2)9-6-5-7-14-8-9/h9,13H,3-8H2,1-2H3. The highest BCUT2D eigenvalue weighted by Gasteiger charge is 2.44. The number of rotatable bonds is 4. The SMILES string of the molecule is CCOC(=O)C(O)(CC)C1CCCOC1. The minimum absolute atomic E-state index is 0.129. The van der Waals surface area contributed by atoms with Gasteiger partial charge in [0.2, 0.25) is 0 Å². The van der Waals surface area contributed by atoms with Crippen LogP contribution >= 0.6 is 0 Å².